The van der Waals surface area contributed by atoms with Crippen LogP contribution in [-0.4, -0.2) is 29.4 Å². The van der Waals surface area contributed by atoms with Crippen LogP contribution in [-0.2, 0) is 15.4 Å². The average Bonchev–Trinajstić information content (AvgIpc) is 2.76. The molecule has 1 heterocycles. The highest BCUT2D eigenvalue weighted by molar-refractivity contribution is 7.90. The van der Waals surface area contributed by atoms with Gasteiger partial charge in [-0.2, -0.15) is 0 Å². The van der Waals surface area contributed by atoms with Crippen LogP contribution in [0.2, 0.25) is 0 Å². The lowest BCUT2D eigenvalue weighted by molar-refractivity contribution is 0.400. The summed E-state index contributed by atoms with van der Waals surface area (Å²) in [5, 5.41) is 8.01. The predicted octanol–water partition coefficient (Wildman–Crippen LogP) is 2.10. The number of hydrogen-bond donors (Lipinski definition) is 0. The van der Waals surface area contributed by atoms with E-state index in [1.165, 1.54) is 6.26 Å². The highest BCUT2D eigenvalue weighted by Crippen LogP contribution is 2.25. The molecule has 19 heavy (non-hydrogen) atoms. The second-order valence-corrected chi connectivity index (χ2v) is 7.51. The molecule has 0 saturated carbocycles. The van der Waals surface area contributed by atoms with Crippen LogP contribution in [0.4, 0.5) is 0 Å². The maximum Gasteiger partial charge on any atom is 0.175 e. The first-order chi connectivity index (χ1) is 8.69. The number of rotatable bonds is 2. The largest absolute Gasteiger partial charge is 0.308 e. The Morgan fingerprint density at radius 1 is 1.21 bits per heavy atom. The lowest BCUT2D eigenvalue weighted by atomic mass is 10.1. The smallest absolute Gasteiger partial charge is 0.175 e. The van der Waals surface area contributed by atoms with Gasteiger partial charge >= 0.3 is 0 Å². The van der Waals surface area contributed by atoms with E-state index in [1.807, 2.05) is 31.4 Å². The van der Waals surface area contributed by atoms with Gasteiger partial charge in [-0.05, 0) is 32.9 Å². The van der Waals surface area contributed by atoms with Crippen molar-refractivity contribution in [3.05, 3.63) is 30.6 Å². The summed E-state index contributed by atoms with van der Waals surface area (Å²) in [5.74, 6) is 0.665. The molecule has 0 aliphatic carbocycles. The Labute approximate surface area is 113 Å². The van der Waals surface area contributed by atoms with Crippen molar-refractivity contribution < 1.29 is 8.42 Å². The second kappa shape index (κ2) is 4.45. The highest BCUT2D eigenvalue weighted by Gasteiger charge is 2.19. The molecule has 0 N–H and O–H groups in total. The fourth-order valence-corrected chi connectivity index (χ4v) is 2.46. The van der Waals surface area contributed by atoms with E-state index < -0.39 is 9.84 Å². The number of sulfone groups is 1. The fraction of sp³-hybridized carbons (Fsp3) is 0.385. The van der Waals surface area contributed by atoms with Gasteiger partial charge in [0.2, 0.25) is 0 Å². The van der Waals surface area contributed by atoms with Crippen molar-refractivity contribution in [2.45, 2.75) is 31.2 Å². The van der Waals surface area contributed by atoms with Crippen molar-refractivity contribution >= 4 is 9.84 Å². The van der Waals surface area contributed by atoms with Crippen LogP contribution in [0.3, 0.4) is 0 Å². The Kier molecular flexibility index (Phi) is 3.22. The van der Waals surface area contributed by atoms with Crippen molar-refractivity contribution in [2.24, 2.45) is 0 Å². The summed E-state index contributed by atoms with van der Waals surface area (Å²) in [5.41, 5.74) is 0.579. The Morgan fingerprint density at radius 3 is 2.47 bits per heavy atom. The molecular weight excluding hydrogens is 262 g/mol. The highest BCUT2D eigenvalue weighted by atomic mass is 32.2. The maximum absolute atomic E-state index is 11.6. The average molecular weight is 279 g/mol. The molecular formula is C13H17N3O2S. The lowest BCUT2D eigenvalue weighted by Crippen LogP contribution is -2.21. The molecule has 0 saturated heterocycles. The third-order valence-corrected chi connectivity index (χ3v) is 3.90. The minimum atomic E-state index is -3.22. The first-order valence-corrected chi connectivity index (χ1v) is 7.80. The van der Waals surface area contributed by atoms with Gasteiger partial charge in [-0.25, -0.2) is 8.42 Å². The van der Waals surface area contributed by atoms with E-state index in [0.29, 0.717) is 5.82 Å². The van der Waals surface area contributed by atoms with Gasteiger partial charge in [0, 0.05) is 17.4 Å². The normalized spacial score (nSPS) is 12.6. The van der Waals surface area contributed by atoms with Crippen LogP contribution in [0, 0.1) is 0 Å². The van der Waals surface area contributed by atoms with Crippen LogP contribution >= 0.6 is 0 Å². The summed E-state index contributed by atoms with van der Waals surface area (Å²) in [7, 11) is -3.22. The number of nitrogens with zero attached hydrogens (tertiary/aromatic N) is 3. The molecule has 0 aliphatic heterocycles. The molecule has 0 fully saturated rings. The van der Waals surface area contributed by atoms with Gasteiger partial charge in [-0.15, -0.1) is 10.2 Å². The molecule has 1 aromatic heterocycles. The van der Waals surface area contributed by atoms with E-state index in [2.05, 4.69) is 10.2 Å². The van der Waals surface area contributed by atoms with Crippen molar-refractivity contribution in [3.63, 3.8) is 0 Å². The number of aromatic nitrogens is 3. The molecule has 0 aliphatic rings. The number of hydrogen-bond acceptors (Lipinski definition) is 4. The molecule has 5 nitrogen and oxygen atoms in total. The molecule has 102 valence electrons. The molecule has 0 atom stereocenters. The maximum atomic E-state index is 11.6. The first kappa shape index (κ1) is 13.7. The second-order valence-electron chi connectivity index (χ2n) is 5.50. The van der Waals surface area contributed by atoms with Crippen LogP contribution in [0.5, 0.6) is 0 Å². The van der Waals surface area contributed by atoms with Crippen LogP contribution in [0.1, 0.15) is 20.8 Å². The van der Waals surface area contributed by atoms with Crippen LogP contribution in [0.25, 0.3) is 11.4 Å². The van der Waals surface area contributed by atoms with E-state index in [0.717, 1.165) is 5.56 Å². The quantitative estimate of drug-likeness (QED) is 0.844. The third kappa shape index (κ3) is 2.84. The van der Waals surface area contributed by atoms with E-state index in [1.54, 1.807) is 24.5 Å². The van der Waals surface area contributed by atoms with Gasteiger partial charge in [0.05, 0.1) is 4.90 Å². The van der Waals surface area contributed by atoms with Gasteiger partial charge < -0.3 is 4.57 Å². The summed E-state index contributed by atoms with van der Waals surface area (Å²) in [6.45, 7) is 6.13. The van der Waals surface area contributed by atoms with Gasteiger partial charge in [-0.1, -0.05) is 12.1 Å². The van der Waals surface area contributed by atoms with E-state index in [9.17, 15) is 8.42 Å². The summed E-state index contributed by atoms with van der Waals surface area (Å²) in [4.78, 5) is 0.286. The van der Waals surface area contributed by atoms with Crippen molar-refractivity contribution in [1.82, 2.24) is 14.8 Å². The fourth-order valence-electron chi connectivity index (χ4n) is 1.79. The summed E-state index contributed by atoms with van der Waals surface area (Å²) < 4.78 is 25.1. The topological polar surface area (TPSA) is 64.8 Å². The van der Waals surface area contributed by atoms with Gasteiger partial charge in [0.15, 0.2) is 15.7 Å². The Hall–Kier alpha value is -1.69. The van der Waals surface area contributed by atoms with Crippen LogP contribution < -0.4 is 0 Å². The van der Waals surface area contributed by atoms with Crippen molar-refractivity contribution in [1.29, 1.82) is 0 Å². The Balaban J connectivity index is 2.58. The molecule has 1 aromatic carbocycles. The standard InChI is InChI=1S/C13H17N3O2S/c1-13(2,3)16-9-14-15-12(16)10-6-5-7-11(8-10)19(4,17)18/h5-9H,1-4H3. The molecule has 0 bridgehead atoms. The lowest BCUT2D eigenvalue weighted by Gasteiger charge is -2.22. The predicted molar refractivity (Wildman–Crippen MR) is 73.6 cm³/mol. The zero-order chi connectivity index (χ0) is 14.3. The molecule has 0 radical (unpaired) electrons. The van der Waals surface area contributed by atoms with Crippen LogP contribution in [0.15, 0.2) is 35.5 Å². The minimum Gasteiger partial charge on any atom is -0.308 e. The van der Waals surface area contributed by atoms with E-state index in [4.69, 9.17) is 0 Å². The summed E-state index contributed by atoms with van der Waals surface area (Å²) >= 11 is 0. The first-order valence-electron chi connectivity index (χ1n) is 5.90. The monoisotopic (exact) mass is 279 g/mol. The van der Waals surface area contributed by atoms with Gasteiger partial charge in [0.1, 0.15) is 6.33 Å². The Bertz CT molecular complexity index is 697. The summed E-state index contributed by atoms with van der Waals surface area (Å²) in [6, 6.07) is 6.76. The molecule has 0 spiro atoms. The molecule has 6 heteroatoms. The third-order valence-electron chi connectivity index (χ3n) is 2.79. The molecule has 2 rings (SSSR count). The molecule has 0 amide bonds. The zero-order valence-electron chi connectivity index (χ0n) is 11.5. The van der Waals surface area contributed by atoms with E-state index >= 15 is 0 Å². The van der Waals surface area contributed by atoms with Crippen molar-refractivity contribution in [3.8, 4) is 11.4 Å². The van der Waals surface area contributed by atoms with Gasteiger partial charge in [-0.3, -0.25) is 0 Å². The van der Waals surface area contributed by atoms with Crippen molar-refractivity contribution in [2.75, 3.05) is 6.26 Å². The zero-order valence-corrected chi connectivity index (χ0v) is 12.3. The SMILES string of the molecule is CC(C)(C)n1cnnc1-c1cccc(S(C)(=O)=O)c1. The Morgan fingerprint density at radius 2 is 1.89 bits per heavy atom. The van der Waals surface area contributed by atoms with Gasteiger partial charge in [0.25, 0.3) is 0 Å². The molecule has 0 unspecified atom stereocenters. The van der Waals surface area contributed by atoms with E-state index in [-0.39, 0.29) is 10.4 Å². The number of benzene rings is 1. The summed E-state index contributed by atoms with van der Waals surface area (Å²) in [6.07, 6.45) is 2.85. The minimum absolute atomic E-state index is 0.167. The molecule has 2 aromatic rings.